The van der Waals surface area contributed by atoms with Crippen LogP contribution in [0.15, 0.2) is 54.6 Å². The molecule has 2 aromatic rings. The molecule has 0 aliphatic heterocycles. The number of phenols is 1. The van der Waals surface area contributed by atoms with Gasteiger partial charge in [-0.05, 0) is 42.0 Å². The summed E-state index contributed by atoms with van der Waals surface area (Å²) in [7, 11) is 0. The highest BCUT2D eigenvalue weighted by Crippen LogP contribution is 2.13. The van der Waals surface area contributed by atoms with E-state index in [2.05, 4.69) is 16.0 Å². The Labute approximate surface area is 238 Å². The Hall–Kier alpha value is -4.45. The number of amides is 4. The third kappa shape index (κ3) is 10.9. The fourth-order valence-electron chi connectivity index (χ4n) is 4.08. The van der Waals surface area contributed by atoms with E-state index in [1.165, 1.54) is 12.1 Å². The van der Waals surface area contributed by atoms with E-state index < -0.39 is 53.8 Å². The van der Waals surface area contributed by atoms with Crippen molar-refractivity contribution >= 4 is 29.6 Å². The Balaban J connectivity index is 2.16. The van der Waals surface area contributed by atoms with Crippen LogP contribution in [0.4, 0.5) is 0 Å². The quantitative estimate of drug-likeness (QED) is 0.149. The monoisotopic (exact) mass is 569 g/mol. The molecule has 0 heterocycles. The van der Waals surface area contributed by atoms with Crippen molar-refractivity contribution in [1.82, 2.24) is 16.0 Å². The molecule has 2 rings (SSSR count). The topological polar surface area (TPSA) is 214 Å². The molecule has 5 atom stereocenters. The maximum Gasteiger partial charge on any atom is 0.326 e. The van der Waals surface area contributed by atoms with E-state index in [0.29, 0.717) is 17.5 Å². The van der Waals surface area contributed by atoms with Crippen LogP contribution in [0.25, 0.3) is 0 Å². The van der Waals surface area contributed by atoms with E-state index in [1.807, 2.05) is 6.92 Å². The van der Waals surface area contributed by atoms with Gasteiger partial charge in [-0.15, -0.1) is 0 Å². The summed E-state index contributed by atoms with van der Waals surface area (Å²) in [5.41, 5.74) is 12.7. The summed E-state index contributed by atoms with van der Waals surface area (Å²) in [5.74, 6) is -4.34. The highest BCUT2D eigenvalue weighted by Gasteiger charge is 2.32. The minimum Gasteiger partial charge on any atom is -0.508 e. The number of carboxylic acids is 1. The van der Waals surface area contributed by atoms with Crippen LogP contribution in [0, 0.1) is 5.92 Å². The van der Waals surface area contributed by atoms with Crippen LogP contribution < -0.4 is 27.4 Å². The second-order valence-electron chi connectivity index (χ2n) is 10.0. The van der Waals surface area contributed by atoms with E-state index in [0.717, 1.165) is 0 Å². The zero-order valence-electron chi connectivity index (χ0n) is 23.2. The second kappa shape index (κ2) is 16.0. The van der Waals surface area contributed by atoms with Gasteiger partial charge >= 0.3 is 5.97 Å². The van der Waals surface area contributed by atoms with Crippen LogP contribution in [-0.2, 0) is 36.8 Å². The molecule has 9 N–H and O–H groups in total. The maximum absolute atomic E-state index is 13.4. The highest BCUT2D eigenvalue weighted by atomic mass is 16.4. The number of hydrogen-bond acceptors (Lipinski definition) is 7. The Morgan fingerprint density at radius 2 is 1.39 bits per heavy atom. The van der Waals surface area contributed by atoms with Crippen molar-refractivity contribution in [1.29, 1.82) is 0 Å². The van der Waals surface area contributed by atoms with Gasteiger partial charge in [0.2, 0.25) is 23.6 Å². The number of carbonyl (C=O) groups excluding carboxylic acids is 4. The first kappa shape index (κ1) is 32.8. The minimum absolute atomic E-state index is 0.00285. The number of nitrogens with one attached hydrogen (secondary N) is 3. The summed E-state index contributed by atoms with van der Waals surface area (Å²) in [6.45, 7) is 3.57. The summed E-state index contributed by atoms with van der Waals surface area (Å²) in [5, 5.41) is 26.8. The number of rotatable bonds is 16. The molecule has 0 fully saturated rings. The molecule has 2 aromatic carbocycles. The van der Waals surface area contributed by atoms with Gasteiger partial charge in [0.05, 0.1) is 6.04 Å². The summed E-state index contributed by atoms with van der Waals surface area (Å²) in [6.07, 6.45) is 0.242. The smallest absolute Gasteiger partial charge is 0.326 e. The largest absolute Gasteiger partial charge is 0.508 e. The number of hydrogen-bond donors (Lipinski definition) is 7. The molecular formula is C29H39N5O7. The van der Waals surface area contributed by atoms with Gasteiger partial charge in [-0.1, -0.05) is 62.7 Å². The lowest BCUT2D eigenvalue weighted by molar-refractivity contribution is -0.142. The van der Waals surface area contributed by atoms with Crippen molar-refractivity contribution in [2.75, 3.05) is 0 Å². The molecule has 41 heavy (non-hydrogen) atoms. The van der Waals surface area contributed by atoms with Crippen LogP contribution in [0.3, 0.4) is 0 Å². The molecule has 0 saturated heterocycles. The molecule has 0 spiro atoms. The lowest BCUT2D eigenvalue weighted by Gasteiger charge is -2.28. The van der Waals surface area contributed by atoms with Crippen molar-refractivity contribution in [3.05, 3.63) is 65.7 Å². The molecule has 222 valence electrons. The van der Waals surface area contributed by atoms with E-state index in [4.69, 9.17) is 11.5 Å². The highest BCUT2D eigenvalue weighted by molar-refractivity contribution is 5.94. The minimum atomic E-state index is -1.29. The zero-order chi connectivity index (χ0) is 30.5. The van der Waals surface area contributed by atoms with E-state index in [-0.39, 0.29) is 37.4 Å². The van der Waals surface area contributed by atoms with E-state index in [9.17, 15) is 34.2 Å². The summed E-state index contributed by atoms with van der Waals surface area (Å²) in [6, 6.07) is 10.3. The lowest BCUT2D eigenvalue weighted by atomic mass is 9.96. The number of carboxylic acid groups (broad SMARTS) is 1. The summed E-state index contributed by atoms with van der Waals surface area (Å²) < 4.78 is 0. The standard InChI is InChI=1S/C29H39N5O7/c1-3-17(2)25(34-26(37)21(30)15-19-9-11-20(35)12-10-19)28(39)32-22(13-14-24(31)36)27(38)33-23(29(40)41)16-18-7-5-4-6-8-18/h4-12,17,21-23,25,35H,3,13-16,30H2,1-2H3,(H2,31,36)(H,32,39)(H,33,38)(H,34,37)(H,40,41). The second-order valence-corrected chi connectivity index (χ2v) is 10.0. The SMILES string of the molecule is CCC(C)C(NC(=O)C(N)Cc1ccc(O)cc1)C(=O)NC(CCC(N)=O)C(=O)NC(Cc1ccccc1)C(=O)O. The molecular weight excluding hydrogens is 530 g/mol. The van der Waals surface area contributed by atoms with Gasteiger partial charge in [-0.3, -0.25) is 19.2 Å². The molecule has 12 nitrogen and oxygen atoms in total. The molecule has 0 bridgehead atoms. The maximum atomic E-state index is 13.4. The average molecular weight is 570 g/mol. The molecule has 0 radical (unpaired) electrons. The number of phenolic OH excluding ortho intramolecular Hbond substituents is 1. The van der Waals surface area contributed by atoms with Crippen molar-refractivity contribution < 1.29 is 34.2 Å². The van der Waals surface area contributed by atoms with Crippen LogP contribution in [0.2, 0.25) is 0 Å². The van der Waals surface area contributed by atoms with Gasteiger partial charge in [0.1, 0.15) is 23.9 Å². The van der Waals surface area contributed by atoms with Gasteiger partial charge in [0, 0.05) is 12.8 Å². The molecule has 12 heteroatoms. The van der Waals surface area contributed by atoms with Crippen LogP contribution in [0.5, 0.6) is 5.75 Å². The van der Waals surface area contributed by atoms with Crippen molar-refractivity contribution in [3.8, 4) is 5.75 Å². The van der Waals surface area contributed by atoms with Crippen LogP contribution >= 0.6 is 0 Å². The zero-order valence-corrected chi connectivity index (χ0v) is 23.2. The van der Waals surface area contributed by atoms with Crippen molar-refractivity contribution in [2.45, 2.75) is 70.1 Å². The Kier molecular flexibility index (Phi) is 12.8. The predicted molar refractivity (Wildman–Crippen MR) is 151 cm³/mol. The number of carbonyl (C=O) groups is 5. The fraction of sp³-hybridized carbons (Fsp3) is 0.414. The predicted octanol–water partition coefficient (Wildman–Crippen LogP) is 0.355. The van der Waals surface area contributed by atoms with Gasteiger partial charge in [-0.25, -0.2) is 4.79 Å². The number of aliphatic carboxylic acids is 1. The molecule has 5 unspecified atom stereocenters. The van der Waals surface area contributed by atoms with E-state index >= 15 is 0 Å². The van der Waals surface area contributed by atoms with Gasteiger partial charge in [0.15, 0.2) is 0 Å². The third-order valence-corrected chi connectivity index (χ3v) is 6.73. The molecule has 4 amide bonds. The molecule has 0 aliphatic carbocycles. The first-order valence-electron chi connectivity index (χ1n) is 13.4. The Morgan fingerprint density at radius 3 is 1.95 bits per heavy atom. The number of aromatic hydroxyl groups is 1. The van der Waals surface area contributed by atoms with Gasteiger partial charge in [0.25, 0.3) is 0 Å². The third-order valence-electron chi connectivity index (χ3n) is 6.73. The normalized spacial score (nSPS) is 14.5. The first-order chi connectivity index (χ1) is 19.4. The Morgan fingerprint density at radius 1 is 0.805 bits per heavy atom. The molecule has 0 saturated carbocycles. The van der Waals surface area contributed by atoms with Crippen molar-refractivity contribution in [2.24, 2.45) is 17.4 Å². The number of benzene rings is 2. The van der Waals surface area contributed by atoms with E-state index in [1.54, 1.807) is 49.4 Å². The van der Waals surface area contributed by atoms with Crippen LogP contribution in [0.1, 0.15) is 44.2 Å². The number of primary amides is 1. The number of nitrogens with two attached hydrogens (primary N) is 2. The van der Waals surface area contributed by atoms with Gasteiger partial charge in [-0.2, -0.15) is 0 Å². The lowest BCUT2D eigenvalue weighted by Crippen LogP contribution is -2.59. The first-order valence-corrected chi connectivity index (χ1v) is 13.4. The van der Waals surface area contributed by atoms with Gasteiger partial charge < -0.3 is 37.6 Å². The molecule has 0 aliphatic rings. The summed E-state index contributed by atoms with van der Waals surface area (Å²) >= 11 is 0. The Bertz CT molecular complexity index is 1190. The van der Waals surface area contributed by atoms with Crippen molar-refractivity contribution in [3.63, 3.8) is 0 Å². The molecule has 0 aromatic heterocycles. The fourth-order valence-corrected chi connectivity index (χ4v) is 4.08. The average Bonchev–Trinajstić information content (AvgIpc) is 2.94. The van der Waals surface area contributed by atoms with Crippen LogP contribution in [-0.4, -0.2) is 64.0 Å². The summed E-state index contributed by atoms with van der Waals surface area (Å²) in [4.78, 5) is 62.7.